The number of fused-ring (bicyclic) bond motifs is 1. The first-order valence-corrected chi connectivity index (χ1v) is 8.33. The topological polar surface area (TPSA) is 35.2 Å². The fraction of sp³-hybridized carbons (Fsp3) is 0.667. The summed E-state index contributed by atoms with van der Waals surface area (Å²) in [5.74, 6) is 1.85. The van der Waals surface area contributed by atoms with Crippen molar-refractivity contribution in [2.75, 3.05) is 0 Å². The highest BCUT2D eigenvalue weighted by Crippen LogP contribution is 2.37. The van der Waals surface area contributed by atoms with E-state index in [1.165, 1.54) is 49.7 Å². The molecule has 3 rings (SSSR count). The van der Waals surface area contributed by atoms with Gasteiger partial charge in [-0.05, 0) is 68.1 Å². The van der Waals surface area contributed by atoms with Crippen LogP contribution in [0.25, 0.3) is 0 Å². The molecule has 0 radical (unpaired) electrons. The highest BCUT2D eigenvalue weighted by atomic mass is 16.5. The summed E-state index contributed by atoms with van der Waals surface area (Å²) >= 11 is 0. The van der Waals surface area contributed by atoms with Crippen molar-refractivity contribution in [3.63, 3.8) is 0 Å². The smallest absolute Gasteiger partial charge is 0.123 e. The minimum absolute atomic E-state index is 0.204. The predicted octanol–water partition coefficient (Wildman–Crippen LogP) is 4.37. The molecule has 2 nitrogen and oxygen atoms in total. The van der Waals surface area contributed by atoms with Crippen LogP contribution in [0.5, 0.6) is 5.75 Å². The zero-order chi connectivity index (χ0) is 13.9. The molecule has 0 spiro atoms. The van der Waals surface area contributed by atoms with Crippen molar-refractivity contribution in [1.29, 1.82) is 0 Å². The predicted molar refractivity (Wildman–Crippen MR) is 83.0 cm³/mol. The Morgan fingerprint density at radius 3 is 2.85 bits per heavy atom. The van der Waals surface area contributed by atoms with Crippen LogP contribution in [0.2, 0.25) is 0 Å². The summed E-state index contributed by atoms with van der Waals surface area (Å²) < 4.78 is 6.45. The van der Waals surface area contributed by atoms with E-state index in [1.807, 2.05) is 0 Å². The standard InChI is InChI=1S/C18H27NO/c1-2-13-7-3-4-11-17(13)20-18-12-6-8-14-15(18)9-5-10-16(14)19/h6,8,12-13,16-17H,2-5,7,9-11,19H2,1H3. The number of rotatable bonds is 3. The molecule has 2 heteroatoms. The van der Waals surface area contributed by atoms with E-state index < -0.39 is 0 Å². The molecule has 20 heavy (non-hydrogen) atoms. The molecule has 1 aromatic rings. The second kappa shape index (κ2) is 6.17. The Bertz CT molecular complexity index is 457. The maximum absolute atomic E-state index is 6.45. The molecule has 2 N–H and O–H groups in total. The van der Waals surface area contributed by atoms with Gasteiger partial charge >= 0.3 is 0 Å². The van der Waals surface area contributed by atoms with E-state index in [-0.39, 0.29) is 6.04 Å². The van der Waals surface area contributed by atoms with Crippen LogP contribution >= 0.6 is 0 Å². The summed E-state index contributed by atoms with van der Waals surface area (Å²) in [6.07, 6.45) is 10.3. The Balaban J connectivity index is 1.82. The van der Waals surface area contributed by atoms with Crippen molar-refractivity contribution >= 4 is 0 Å². The van der Waals surface area contributed by atoms with E-state index in [0.29, 0.717) is 6.10 Å². The number of hydrogen-bond acceptors (Lipinski definition) is 2. The van der Waals surface area contributed by atoms with Gasteiger partial charge < -0.3 is 10.5 Å². The number of benzene rings is 1. The monoisotopic (exact) mass is 273 g/mol. The van der Waals surface area contributed by atoms with Crippen LogP contribution in [0.4, 0.5) is 0 Å². The Labute approximate surface area is 122 Å². The van der Waals surface area contributed by atoms with Crippen molar-refractivity contribution in [3.8, 4) is 5.75 Å². The van der Waals surface area contributed by atoms with Crippen LogP contribution < -0.4 is 10.5 Å². The van der Waals surface area contributed by atoms with E-state index in [4.69, 9.17) is 10.5 Å². The maximum Gasteiger partial charge on any atom is 0.123 e. The van der Waals surface area contributed by atoms with E-state index in [1.54, 1.807) is 0 Å². The van der Waals surface area contributed by atoms with Crippen molar-refractivity contribution < 1.29 is 4.74 Å². The molecule has 0 bridgehead atoms. The minimum Gasteiger partial charge on any atom is -0.490 e. The van der Waals surface area contributed by atoms with Gasteiger partial charge in [0.25, 0.3) is 0 Å². The van der Waals surface area contributed by atoms with Gasteiger partial charge in [-0.1, -0.05) is 25.5 Å². The van der Waals surface area contributed by atoms with E-state index in [2.05, 4.69) is 25.1 Å². The molecule has 1 fully saturated rings. The third-order valence-corrected chi connectivity index (χ3v) is 5.15. The molecule has 2 aliphatic carbocycles. The van der Waals surface area contributed by atoms with Gasteiger partial charge in [0.15, 0.2) is 0 Å². The second-order valence-corrected chi connectivity index (χ2v) is 6.43. The van der Waals surface area contributed by atoms with Gasteiger partial charge in [0.1, 0.15) is 11.9 Å². The summed E-state index contributed by atoms with van der Waals surface area (Å²) in [6.45, 7) is 2.29. The van der Waals surface area contributed by atoms with Crippen LogP contribution in [0.15, 0.2) is 18.2 Å². The van der Waals surface area contributed by atoms with Gasteiger partial charge in [0.2, 0.25) is 0 Å². The molecule has 2 aliphatic rings. The van der Waals surface area contributed by atoms with Crippen LogP contribution in [0, 0.1) is 5.92 Å². The first kappa shape index (κ1) is 13.9. The number of nitrogens with two attached hydrogens (primary N) is 1. The second-order valence-electron chi connectivity index (χ2n) is 6.43. The summed E-state index contributed by atoms with van der Waals surface area (Å²) in [4.78, 5) is 0. The molecule has 0 amide bonds. The quantitative estimate of drug-likeness (QED) is 0.887. The SMILES string of the molecule is CCC1CCCCC1Oc1cccc2c1CCCC2N. The molecule has 0 aliphatic heterocycles. The lowest BCUT2D eigenvalue weighted by Crippen LogP contribution is -2.30. The Morgan fingerprint density at radius 1 is 1.15 bits per heavy atom. The average Bonchev–Trinajstić information content (AvgIpc) is 2.49. The lowest BCUT2D eigenvalue weighted by Gasteiger charge is -2.33. The summed E-state index contributed by atoms with van der Waals surface area (Å²) in [5.41, 5.74) is 8.94. The minimum atomic E-state index is 0.204. The largest absolute Gasteiger partial charge is 0.490 e. The fourth-order valence-electron chi connectivity index (χ4n) is 3.92. The molecule has 1 saturated carbocycles. The fourth-order valence-corrected chi connectivity index (χ4v) is 3.92. The number of hydrogen-bond donors (Lipinski definition) is 1. The molecule has 110 valence electrons. The van der Waals surface area contributed by atoms with Gasteiger partial charge in [-0.25, -0.2) is 0 Å². The Morgan fingerprint density at radius 2 is 2.00 bits per heavy atom. The van der Waals surface area contributed by atoms with Gasteiger partial charge in [0, 0.05) is 6.04 Å². The number of ether oxygens (including phenoxy) is 1. The van der Waals surface area contributed by atoms with Crippen LogP contribution in [-0.4, -0.2) is 6.10 Å². The summed E-state index contributed by atoms with van der Waals surface area (Å²) in [5, 5.41) is 0. The highest BCUT2D eigenvalue weighted by molar-refractivity contribution is 5.43. The van der Waals surface area contributed by atoms with E-state index >= 15 is 0 Å². The molecular weight excluding hydrogens is 246 g/mol. The Hall–Kier alpha value is -1.02. The molecule has 0 saturated heterocycles. The highest BCUT2D eigenvalue weighted by Gasteiger charge is 2.27. The lowest BCUT2D eigenvalue weighted by molar-refractivity contribution is 0.0890. The summed E-state index contributed by atoms with van der Waals surface area (Å²) in [7, 11) is 0. The van der Waals surface area contributed by atoms with Gasteiger partial charge in [-0.2, -0.15) is 0 Å². The van der Waals surface area contributed by atoms with Gasteiger partial charge in [-0.3, -0.25) is 0 Å². The van der Waals surface area contributed by atoms with E-state index in [9.17, 15) is 0 Å². The third-order valence-electron chi connectivity index (χ3n) is 5.15. The lowest BCUT2D eigenvalue weighted by atomic mass is 9.84. The maximum atomic E-state index is 6.45. The first-order chi connectivity index (χ1) is 9.79. The van der Waals surface area contributed by atoms with Crippen molar-refractivity contribution in [2.45, 2.75) is 70.4 Å². The molecule has 0 aromatic heterocycles. The molecule has 1 aromatic carbocycles. The first-order valence-electron chi connectivity index (χ1n) is 8.33. The Kier molecular flexibility index (Phi) is 4.30. The van der Waals surface area contributed by atoms with Crippen LogP contribution in [0.3, 0.4) is 0 Å². The van der Waals surface area contributed by atoms with Gasteiger partial charge in [0.05, 0.1) is 0 Å². The van der Waals surface area contributed by atoms with E-state index in [0.717, 1.165) is 24.5 Å². The molecule has 3 atom stereocenters. The molecule has 0 heterocycles. The molecular formula is C18H27NO. The van der Waals surface area contributed by atoms with Crippen LogP contribution in [-0.2, 0) is 6.42 Å². The average molecular weight is 273 g/mol. The van der Waals surface area contributed by atoms with Crippen molar-refractivity contribution in [1.82, 2.24) is 0 Å². The zero-order valence-electron chi connectivity index (χ0n) is 12.6. The van der Waals surface area contributed by atoms with Crippen molar-refractivity contribution in [3.05, 3.63) is 29.3 Å². The molecule has 3 unspecified atom stereocenters. The third kappa shape index (κ3) is 2.71. The van der Waals surface area contributed by atoms with Crippen molar-refractivity contribution in [2.24, 2.45) is 11.7 Å². The zero-order valence-corrected chi connectivity index (χ0v) is 12.6. The van der Waals surface area contributed by atoms with Crippen LogP contribution in [0.1, 0.15) is 69.0 Å². The normalized spacial score (nSPS) is 29.8. The van der Waals surface area contributed by atoms with Gasteiger partial charge in [-0.15, -0.1) is 0 Å². The summed E-state index contributed by atoms with van der Waals surface area (Å²) in [6, 6.07) is 6.65.